The number of nitrogens with zero attached hydrogens (tertiary/aromatic N) is 3. The largest absolute Gasteiger partial charge is 0.285 e. The summed E-state index contributed by atoms with van der Waals surface area (Å²) in [4.78, 5) is 5.10. The monoisotopic (exact) mass is 249 g/mol. The van der Waals surface area contributed by atoms with E-state index in [1.54, 1.807) is 0 Å². The van der Waals surface area contributed by atoms with Crippen LogP contribution in [0.2, 0.25) is 0 Å². The van der Waals surface area contributed by atoms with Crippen molar-refractivity contribution < 1.29 is 0 Å². The zero-order valence-electron chi connectivity index (χ0n) is 12.3. The number of piperidine rings is 1. The molecule has 2 aliphatic rings. The second kappa shape index (κ2) is 5.19. The fraction of sp³-hybridized carbons (Fsp3) is 0.933. The van der Waals surface area contributed by atoms with Gasteiger partial charge in [-0.25, -0.2) is 0 Å². The highest BCUT2D eigenvalue weighted by molar-refractivity contribution is 4.97. The molecule has 0 spiro atoms. The summed E-state index contributed by atoms with van der Waals surface area (Å²) in [6, 6.07) is 2.45. The molecular formula is C15H27N3. The van der Waals surface area contributed by atoms with E-state index in [4.69, 9.17) is 5.26 Å². The molecule has 0 aromatic rings. The van der Waals surface area contributed by atoms with Gasteiger partial charge in [0.2, 0.25) is 0 Å². The Morgan fingerprint density at radius 2 is 1.83 bits per heavy atom. The zero-order chi connectivity index (χ0) is 13.3. The van der Waals surface area contributed by atoms with Gasteiger partial charge in [-0.2, -0.15) is 5.26 Å². The third kappa shape index (κ3) is 2.55. The molecule has 3 heteroatoms. The van der Waals surface area contributed by atoms with Gasteiger partial charge in [-0.05, 0) is 45.1 Å². The normalized spacial score (nSPS) is 28.1. The Kier molecular flexibility index (Phi) is 3.99. The number of hydrogen-bond acceptors (Lipinski definition) is 3. The predicted octanol–water partition coefficient (Wildman–Crippen LogP) is 2.55. The average molecular weight is 249 g/mol. The second-order valence-corrected chi connectivity index (χ2v) is 6.82. The minimum Gasteiger partial charge on any atom is -0.285 e. The number of likely N-dealkylation sites (tertiary alicyclic amines) is 2. The van der Waals surface area contributed by atoms with Gasteiger partial charge in [0.05, 0.1) is 17.6 Å². The maximum absolute atomic E-state index is 9.11. The summed E-state index contributed by atoms with van der Waals surface area (Å²) in [5.74, 6) is 1.89. The lowest BCUT2D eigenvalue weighted by Gasteiger charge is -2.56. The molecular weight excluding hydrogens is 222 g/mol. The Balaban J connectivity index is 1.93. The van der Waals surface area contributed by atoms with E-state index in [-0.39, 0.29) is 11.6 Å². The molecule has 18 heavy (non-hydrogen) atoms. The van der Waals surface area contributed by atoms with Crippen LogP contribution in [0.15, 0.2) is 0 Å². The first kappa shape index (κ1) is 13.8. The summed E-state index contributed by atoms with van der Waals surface area (Å²) in [6.45, 7) is 13.8. The molecule has 0 radical (unpaired) electrons. The van der Waals surface area contributed by atoms with E-state index in [0.717, 1.165) is 31.3 Å². The SMILES string of the molecule is CC(C)C1CN(C(C)(C)N2CCCC(C#N)C2)C1. The van der Waals surface area contributed by atoms with E-state index >= 15 is 0 Å². The van der Waals surface area contributed by atoms with Gasteiger partial charge >= 0.3 is 0 Å². The predicted molar refractivity (Wildman–Crippen MR) is 73.9 cm³/mol. The van der Waals surface area contributed by atoms with Gasteiger partial charge in [0.1, 0.15) is 0 Å². The molecule has 1 atom stereocenters. The Morgan fingerprint density at radius 3 is 2.39 bits per heavy atom. The van der Waals surface area contributed by atoms with E-state index in [2.05, 4.69) is 43.6 Å². The van der Waals surface area contributed by atoms with E-state index in [9.17, 15) is 0 Å². The highest BCUT2D eigenvalue weighted by Crippen LogP contribution is 2.34. The summed E-state index contributed by atoms with van der Waals surface area (Å²) in [5, 5.41) is 9.11. The van der Waals surface area contributed by atoms with Crippen LogP contribution >= 0.6 is 0 Å². The van der Waals surface area contributed by atoms with E-state index < -0.39 is 0 Å². The van der Waals surface area contributed by atoms with Crippen molar-refractivity contribution in [2.75, 3.05) is 26.2 Å². The Labute approximate surface area is 112 Å². The van der Waals surface area contributed by atoms with Crippen LogP contribution in [0.5, 0.6) is 0 Å². The molecule has 2 saturated heterocycles. The van der Waals surface area contributed by atoms with Crippen LogP contribution in [0.4, 0.5) is 0 Å². The summed E-state index contributed by atoms with van der Waals surface area (Å²) in [5.41, 5.74) is 0.126. The lowest BCUT2D eigenvalue weighted by molar-refractivity contribution is -0.111. The molecule has 3 nitrogen and oxygen atoms in total. The van der Waals surface area contributed by atoms with Gasteiger partial charge in [-0.1, -0.05) is 13.8 Å². The van der Waals surface area contributed by atoms with Crippen LogP contribution in [-0.2, 0) is 0 Å². The van der Waals surface area contributed by atoms with Crippen molar-refractivity contribution in [1.29, 1.82) is 5.26 Å². The molecule has 102 valence electrons. The fourth-order valence-electron chi connectivity index (χ4n) is 3.16. The summed E-state index contributed by atoms with van der Waals surface area (Å²) in [6.07, 6.45) is 2.25. The van der Waals surface area contributed by atoms with Crippen molar-refractivity contribution in [2.45, 2.75) is 46.2 Å². The molecule has 0 bridgehead atoms. The molecule has 0 aromatic heterocycles. The standard InChI is InChI=1S/C15H27N3/c1-12(2)14-10-18(11-14)15(3,4)17-7-5-6-13(8-16)9-17/h12-14H,5-7,9-11H2,1-4H3. The lowest BCUT2D eigenvalue weighted by Crippen LogP contribution is -2.66. The Morgan fingerprint density at radius 1 is 1.17 bits per heavy atom. The Bertz CT molecular complexity index is 323. The van der Waals surface area contributed by atoms with Crippen LogP contribution < -0.4 is 0 Å². The summed E-state index contributed by atoms with van der Waals surface area (Å²) >= 11 is 0. The van der Waals surface area contributed by atoms with Gasteiger partial charge in [-0.3, -0.25) is 9.80 Å². The molecule has 0 aliphatic carbocycles. The van der Waals surface area contributed by atoms with Gasteiger partial charge in [-0.15, -0.1) is 0 Å². The summed E-state index contributed by atoms with van der Waals surface area (Å²) in [7, 11) is 0. The molecule has 2 heterocycles. The molecule has 2 fully saturated rings. The third-order valence-electron chi connectivity index (χ3n) is 5.00. The van der Waals surface area contributed by atoms with Crippen molar-refractivity contribution in [3.63, 3.8) is 0 Å². The van der Waals surface area contributed by atoms with Crippen LogP contribution in [0.3, 0.4) is 0 Å². The molecule has 0 N–H and O–H groups in total. The second-order valence-electron chi connectivity index (χ2n) is 6.82. The zero-order valence-corrected chi connectivity index (χ0v) is 12.3. The van der Waals surface area contributed by atoms with Crippen molar-refractivity contribution >= 4 is 0 Å². The van der Waals surface area contributed by atoms with Crippen LogP contribution in [0, 0.1) is 29.1 Å². The first-order chi connectivity index (χ1) is 8.45. The number of hydrogen-bond donors (Lipinski definition) is 0. The van der Waals surface area contributed by atoms with Gasteiger partial charge in [0.25, 0.3) is 0 Å². The maximum atomic E-state index is 9.11. The highest BCUT2D eigenvalue weighted by atomic mass is 15.4. The van der Waals surface area contributed by atoms with Gasteiger partial charge < -0.3 is 0 Å². The van der Waals surface area contributed by atoms with Crippen molar-refractivity contribution in [3.8, 4) is 6.07 Å². The number of nitriles is 1. The molecule has 1 unspecified atom stereocenters. The van der Waals surface area contributed by atoms with Gasteiger partial charge in [0, 0.05) is 19.6 Å². The summed E-state index contributed by atoms with van der Waals surface area (Å²) < 4.78 is 0. The minimum absolute atomic E-state index is 0.126. The number of rotatable bonds is 3. The Hall–Kier alpha value is -0.590. The maximum Gasteiger partial charge on any atom is 0.0680 e. The smallest absolute Gasteiger partial charge is 0.0680 e. The quantitative estimate of drug-likeness (QED) is 0.770. The van der Waals surface area contributed by atoms with Crippen LogP contribution in [0.1, 0.15) is 40.5 Å². The molecule has 2 aliphatic heterocycles. The first-order valence-electron chi connectivity index (χ1n) is 7.35. The molecule has 2 rings (SSSR count). The van der Waals surface area contributed by atoms with Crippen molar-refractivity contribution in [1.82, 2.24) is 9.80 Å². The topological polar surface area (TPSA) is 30.3 Å². The van der Waals surface area contributed by atoms with Crippen LogP contribution in [0.25, 0.3) is 0 Å². The highest BCUT2D eigenvalue weighted by Gasteiger charge is 2.42. The molecule has 0 aromatic carbocycles. The van der Waals surface area contributed by atoms with Crippen molar-refractivity contribution in [3.05, 3.63) is 0 Å². The van der Waals surface area contributed by atoms with Crippen LogP contribution in [-0.4, -0.2) is 41.6 Å². The van der Waals surface area contributed by atoms with E-state index in [1.807, 2.05) is 0 Å². The van der Waals surface area contributed by atoms with Crippen molar-refractivity contribution in [2.24, 2.45) is 17.8 Å². The third-order valence-corrected chi connectivity index (χ3v) is 5.00. The van der Waals surface area contributed by atoms with E-state index in [0.29, 0.717) is 0 Å². The minimum atomic E-state index is 0.126. The van der Waals surface area contributed by atoms with Gasteiger partial charge in [0.15, 0.2) is 0 Å². The fourth-order valence-corrected chi connectivity index (χ4v) is 3.16. The molecule has 0 amide bonds. The average Bonchev–Trinajstić information content (AvgIpc) is 2.26. The molecule has 0 saturated carbocycles. The van der Waals surface area contributed by atoms with E-state index in [1.165, 1.54) is 19.5 Å². The first-order valence-corrected chi connectivity index (χ1v) is 7.35. The lowest BCUT2D eigenvalue weighted by atomic mass is 9.85.